The lowest BCUT2D eigenvalue weighted by molar-refractivity contribution is -0.141. The molecule has 2 atom stereocenters. The summed E-state index contributed by atoms with van der Waals surface area (Å²) >= 11 is 1.53. The van der Waals surface area contributed by atoms with E-state index >= 15 is 0 Å². The van der Waals surface area contributed by atoms with Crippen LogP contribution in [0.3, 0.4) is 0 Å². The first-order valence-corrected chi connectivity index (χ1v) is 7.22. The van der Waals surface area contributed by atoms with Gasteiger partial charge < -0.3 is 15.4 Å². The predicted molar refractivity (Wildman–Crippen MR) is 72.9 cm³/mol. The average molecular weight is 282 g/mol. The van der Waals surface area contributed by atoms with Crippen LogP contribution in [0.1, 0.15) is 30.2 Å². The molecule has 1 aliphatic heterocycles. The molecule has 1 aromatic rings. The monoisotopic (exact) mass is 282 g/mol. The zero-order valence-electron chi connectivity index (χ0n) is 10.8. The van der Waals surface area contributed by atoms with Crippen molar-refractivity contribution in [2.24, 2.45) is 0 Å². The van der Waals surface area contributed by atoms with Crippen LogP contribution in [0.4, 0.5) is 0 Å². The number of nitrogens with one attached hydrogen (secondary N) is 2. The lowest BCUT2D eigenvalue weighted by Crippen LogP contribution is -2.42. The topological polar surface area (TPSA) is 67.4 Å². The van der Waals surface area contributed by atoms with E-state index < -0.39 is 0 Å². The number of hydrogen-bond acceptors (Lipinski definition) is 5. The van der Waals surface area contributed by atoms with Gasteiger partial charge in [-0.25, -0.2) is 0 Å². The lowest BCUT2D eigenvalue weighted by atomic mass is 10.1. The number of thiophene rings is 1. The van der Waals surface area contributed by atoms with Crippen molar-refractivity contribution >= 4 is 23.2 Å². The Balaban J connectivity index is 2.00. The Morgan fingerprint density at radius 3 is 3.05 bits per heavy atom. The van der Waals surface area contributed by atoms with Crippen molar-refractivity contribution in [3.63, 3.8) is 0 Å². The normalized spacial score (nSPS) is 19.9. The van der Waals surface area contributed by atoms with E-state index in [0.29, 0.717) is 0 Å². The lowest BCUT2D eigenvalue weighted by Gasteiger charge is -2.19. The highest BCUT2D eigenvalue weighted by Gasteiger charge is 2.26. The summed E-state index contributed by atoms with van der Waals surface area (Å²) in [5, 5.41) is 8.01. The highest BCUT2D eigenvalue weighted by Crippen LogP contribution is 2.23. The molecule has 1 fully saturated rings. The standard InChI is InChI=1S/C13H18N2O3S/c1-18-12(16)8-10(11-5-3-7-19-11)15-13(17)9-4-2-6-14-9/h3,5,7,9-10,14H,2,4,6,8H2,1H3,(H,15,17). The molecule has 0 aromatic carbocycles. The third-order valence-electron chi connectivity index (χ3n) is 3.18. The number of carbonyl (C=O) groups is 2. The maximum absolute atomic E-state index is 12.1. The van der Waals surface area contributed by atoms with E-state index in [4.69, 9.17) is 0 Å². The number of rotatable bonds is 5. The van der Waals surface area contributed by atoms with Crippen LogP contribution in [-0.4, -0.2) is 31.6 Å². The van der Waals surface area contributed by atoms with Gasteiger partial charge in [0.2, 0.25) is 5.91 Å². The number of methoxy groups -OCH3 is 1. The number of ether oxygens (including phenoxy) is 1. The molecular formula is C13H18N2O3S. The van der Waals surface area contributed by atoms with Gasteiger partial charge in [-0.15, -0.1) is 11.3 Å². The average Bonchev–Trinajstić information content (AvgIpc) is 3.10. The van der Waals surface area contributed by atoms with Crippen LogP contribution in [0.5, 0.6) is 0 Å². The van der Waals surface area contributed by atoms with E-state index in [9.17, 15) is 9.59 Å². The van der Waals surface area contributed by atoms with Crippen LogP contribution in [0, 0.1) is 0 Å². The number of amides is 1. The van der Waals surface area contributed by atoms with Crippen molar-refractivity contribution in [2.45, 2.75) is 31.3 Å². The van der Waals surface area contributed by atoms with Gasteiger partial charge in [-0.1, -0.05) is 6.07 Å². The van der Waals surface area contributed by atoms with Gasteiger partial charge >= 0.3 is 5.97 Å². The van der Waals surface area contributed by atoms with E-state index in [1.54, 1.807) is 0 Å². The van der Waals surface area contributed by atoms with Crippen molar-refractivity contribution in [3.8, 4) is 0 Å². The van der Waals surface area contributed by atoms with E-state index in [1.165, 1.54) is 18.4 Å². The second-order valence-corrected chi connectivity index (χ2v) is 5.49. The molecular weight excluding hydrogens is 264 g/mol. The molecule has 1 aliphatic rings. The van der Waals surface area contributed by atoms with Crippen LogP contribution < -0.4 is 10.6 Å². The number of esters is 1. The van der Waals surface area contributed by atoms with Crippen LogP contribution in [0.25, 0.3) is 0 Å². The summed E-state index contributed by atoms with van der Waals surface area (Å²) in [5.74, 6) is -0.363. The van der Waals surface area contributed by atoms with Gasteiger partial charge in [-0.05, 0) is 30.8 Å². The largest absolute Gasteiger partial charge is 0.469 e. The van der Waals surface area contributed by atoms with Crippen molar-refractivity contribution in [1.29, 1.82) is 0 Å². The summed E-state index contributed by atoms with van der Waals surface area (Å²) in [6.45, 7) is 0.874. The molecule has 2 rings (SSSR count). The fourth-order valence-electron chi connectivity index (χ4n) is 2.14. The Hall–Kier alpha value is -1.40. The number of hydrogen-bond donors (Lipinski definition) is 2. The first-order valence-electron chi connectivity index (χ1n) is 6.34. The molecule has 0 aliphatic carbocycles. The first-order chi connectivity index (χ1) is 9.20. The van der Waals surface area contributed by atoms with Crippen molar-refractivity contribution in [3.05, 3.63) is 22.4 Å². The van der Waals surface area contributed by atoms with Gasteiger partial charge in [0.25, 0.3) is 0 Å². The van der Waals surface area contributed by atoms with Crippen molar-refractivity contribution in [2.75, 3.05) is 13.7 Å². The zero-order valence-corrected chi connectivity index (χ0v) is 11.7. The minimum atomic E-state index is -0.321. The molecule has 2 heterocycles. The third kappa shape index (κ3) is 3.78. The second-order valence-electron chi connectivity index (χ2n) is 4.51. The van der Waals surface area contributed by atoms with Crippen LogP contribution >= 0.6 is 11.3 Å². The summed E-state index contributed by atoms with van der Waals surface area (Å²) in [5.41, 5.74) is 0. The molecule has 1 aromatic heterocycles. The predicted octanol–water partition coefficient (Wildman–Crippen LogP) is 1.22. The molecule has 104 valence electrons. The molecule has 0 radical (unpaired) electrons. The SMILES string of the molecule is COC(=O)CC(NC(=O)C1CCCN1)c1cccs1. The van der Waals surface area contributed by atoms with E-state index in [-0.39, 0.29) is 30.4 Å². The smallest absolute Gasteiger partial charge is 0.307 e. The Bertz CT molecular complexity index is 427. The van der Waals surface area contributed by atoms with Gasteiger partial charge in [-0.2, -0.15) is 0 Å². The molecule has 5 nitrogen and oxygen atoms in total. The van der Waals surface area contributed by atoms with E-state index in [1.807, 2.05) is 17.5 Å². The van der Waals surface area contributed by atoms with E-state index in [2.05, 4.69) is 15.4 Å². The maximum atomic E-state index is 12.1. The van der Waals surface area contributed by atoms with Crippen LogP contribution in [0.15, 0.2) is 17.5 Å². The molecule has 19 heavy (non-hydrogen) atoms. The Kier molecular flexibility index (Phi) is 4.93. The Labute approximate surface area is 116 Å². The van der Waals surface area contributed by atoms with Gasteiger partial charge in [0.05, 0.1) is 25.6 Å². The summed E-state index contributed by atoms with van der Waals surface area (Å²) in [6, 6.07) is 3.38. The molecule has 2 unspecified atom stereocenters. The first kappa shape index (κ1) is 14.0. The third-order valence-corrected chi connectivity index (χ3v) is 4.16. The van der Waals surface area contributed by atoms with Gasteiger partial charge in [0, 0.05) is 4.88 Å². The van der Waals surface area contributed by atoms with Crippen molar-refractivity contribution < 1.29 is 14.3 Å². The molecule has 0 bridgehead atoms. The zero-order chi connectivity index (χ0) is 13.7. The summed E-state index contributed by atoms with van der Waals surface area (Å²) in [6.07, 6.45) is 2.02. The molecule has 0 spiro atoms. The molecule has 2 N–H and O–H groups in total. The fourth-order valence-corrected chi connectivity index (χ4v) is 2.92. The maximum Gasteiger partial charge on any atom is 0.307 e. The van der Waals surface area contributed by atoms with E-state index in [0.717, 1.165) is 24.3 Å². The Morgan fingerprint density at radius 2 is 2.47 bits per heavy atom. The quantitative estimate of drug-likeness (QED) is 0.797. The van der Waals surface area contributed by atoms with Crippen LogP contribution in [0.2, 0.25) is 0 Å². The molecule has 0 saturated carbocycles. The highest BCUT2D eigenvalue weighted by molar-refractivity contribution is 7.10. The highest BCUT2D eigenvalue weighted by atomic mass is 32.1. The van der Waals surface area contributed by atoms with Gasteiger partial charge in [0.15, 0.2) is 0 Å². The van der Waals surface area contributed by atoms with Gasteiger partial charge in [0.1, 0.15) is 0 Å². The minimum Gasteiger partial charge on any atom is -0.469 e. The Morgan fingerprint density at radius 1 is 1.63 bits per heavy atom. The molecule has 6 heteroatoms. The van der Waals surface area contributed by atoms with Crippen LogP contribution in [-0.2, 0) is 14.3 Å². The molecule has 1 saturated heterocycles. The second kappa shape index (κ2) is 6.68. The molecule has 1 amide bonds. The van der Waals surface area contributed by atoms with Crippen molar-refractivity contribution in [1.82, 2.24) is 10.6 Å². The minimum absolute atomic E-state index is 0.0418. The number of carbonyl (C=O) groups excluding carboxylic acids is 2. The summed E-state index contributed by atoms with van der Waals surface area (Å²) in [4.78, 5) is 24.5. The van der Waals surface area contributed by atoms with Gasteiger partial charge in [-0.3, -0.25) is 9.59 Å². The summed E-state index contributed by atoms with van der Waals surface area (Å²) in [7, 11) is 1.36. The fraction of sp³-hybridized carbons (Fsp3) is 0.538. The summed E-state index contributed by atoms with van der Waals surface area (Å²) < 4.78 is 4.68.